The summed E-state index contributed by atoms with van der Waals surface area (Å²) in [5.74, 6) is 0.772. The van der Waals surface area contributed by atoms with Crippen LogP contribution in [0.25, 0.3) is 10.9 Å². The Bertz CT molecular complexity index is 1320. The summed E-state index contributed by atoms with van der Waals surface area (Å²) in [5, 5.41) is 4.29. The van der Waals surface area contributed by atoms with E-state index in [0.29, 0.717) is 13.1 Å². The van der Waals surface area contributed by atoms with E-state index in [4.69, 9.17) is 4.74 Å². The van der Waals surface area contributed by atoms with Crippen LogP contribution in [0.1, 0.15) is 29.7 Å². The predicted octanol–water partition coefficient (Wildman–Crippen LogP) is 5.37. The molecule has 0 aliphatic carbocycles. The van der Waals surface area contributed by atoms with Gasteiger partial charge in [-0.2, -0.15) is 0 Å². The number of nitrogens with zero attached hydrogens (tertiary/aromatic N) is 2. The molecule has 1 aliphatic rings. The number of piperidine rings is 1. The summed E-state index contributed by atoms with van der Waals surface area (Å²) in [6.07, 6.45) is 1.69. The molecule has 5 nitrogen and oxygen atoms in total. The number of fused-ring (bicyclic) bond motifs is 1. The third kappa shape index (κ3) is 5.60. The zero-order chi connectivity index (χ0) is 24.9. The predicted molar refractivity (Wildman–Crippen MR) is 140 cm³/mol. The van der Waals surface area contributed by atoms with Gasteiger partial charge in [0.25, 0.3) is 0 Å². The summed E-state index contributed by atoms with van der Waals surface area (Å²) >= 11 is 0. The van der Waals surface area contributed by atoms with E-state index < -0.39 is 0 Å². The monoisotopic (exact) mass is 485 g/mol. The quantitative estimate of drug-likeness (QED) is 0.365. The van der Waals surface area contributed by atoms with E-state index in [1.807, 2.05) is 36.4 Å². The number of halogens is 1. The molecular weight excluding hydrogens is 453 g/mol. The van der Waals surface area contributed by atoms with Gasteiger partial charge in [-0.3, -0.25) is 9.69 Å². The van der Waals surface area contributed by atoms with Crippen LogP contribution in [0.15, 0.2) is 78.9 Å². The first-order chi connectivity index (χ1) is 17.6. The van der Waals surface area contributed by atoms with Crippen molar-refractivity contribution in [3.8, 4) is 5.75 Å². The Morgan fingerprint density at radius 1 is 0.944 bits per heavy atom. The Balaban J connectivity index is 1.20. The van der Waals surface area contributed by atoms with Crippen molar-refractivity contribution in [2.75, 3.05) is 20.2 Å². The molecule has 1 N–H and O–H groups in total. The Labute approximate surface area is 211 Å². The number of rotatable bonds is 8. The third-order valence-electron chi connectivity index (χ3n) is 7.10. The molecule has 186 valence electrons. The van der Waals surface area contributed by atoms with E-state index in [1.165, 1.54) is 17.1 Å². The summed E-state index contributed by atoms with van der Waals surface area (Å²) in [6, 6.07) is 25.2. The van der Waals surface area contributed by atoms with Gasteiger partial charge in [-0.25, -0.2) is 4.39 Å². The highest BCUT2D eigenvalue weighted by Crippen LogP contribution is 2.25. The van der Waals surface area contributed by atoms with Gasteiger partial charge < -0.3 is 14.6 Å². The number of ether oxygens (including phenoxy) is 1. The van der Waals surface area contributed by atoms with Crippen molar-refractivity contribution in [1.29, 1.82) is 0 Å². The molecule has 0 spiro atoms. The van der Waals surface area contributed by atoms with Gasteiger partial charge in [0.2, 0.25) is 5.91 Å². The third-order valence-corrected chi connectivity index (χ3v) is 7.10. The summed E-state index contributed by atoms with van der Waals surface area (Å²) in [7, 11) is 1.65. The molecule has 0 unspecified atom stereocenters. The maximum absolute atomic E-state index is 13.8. The van der Waals surface area contributed by atoms with Gasteiger partial charge in [0.05, 0.1) is 7.11 Å². The number of para-hydroxylation sites is 1. The molecule has 0 radical (unpaired) electrons. The number of amides is 1. The second-order valence-corrected chi connectivity index (χ2v) is 9.53. The Kier molecular flexibility index (Phi) is 7.33. The SMILES string of the molecule is COc1ccc(CNC(=O)C2CCN(Cc3cc4ccccc4n3Cc3cccc(F)c3)CC2)cc1. The first-order valence-electron chi connectivity index (χ1n) is 12.5. The molecule has 1 saturated heterocycles. The van der Waals surface area contributed by atoms with E-state index in [-0.39, 0.29) is 17.6 Å². The number of hydrogen-bond donors (Lipinski definition) is 1. The highest BCUT2D eigenvalue weighted by atomic mass is 19.1. The first-order valence-corrected chi connectivity index (χ1v) is 12.5. The van der Waals surface area contributed by atoms with Crippen LogP contribution >= 0.6 is 0 Å². The minimum Gasteiger partial charge on any atom is -0.497 e. The van der Waals surface area contributed by atoms with Crippen molar-refractivity contribution in [3.63, 3.8) is 0 Å². The van der Waals surface area contributed by atoms with Crippen LogP contribution in [-0.4, -0.2) is 35.6 Å². The summed E-state index contributed by atoms with van der Waals surface area (Å²) in [4.78, 5) is 15.2. The smallest absolute Gasteiger partial charge is 0.223 e. The Morgan fingerprint density at radius 3 is 2.47 bits per heavy atom. The second kappa shape index (κ2) is 11.0. The minimum absolute atomic E-state index is 0.0395. The molecule has 1 fully saturated rings. The van der Waals surface area contributed by atoms with Crippen LogP contribution in [0, 0.1) is 11.7 Å². The van der Waals surface area contributed by atoms with Gasteiger partial charge in [0, 0.05) is 36.8 Å². The number of aromatic nitrogens is 1. The maximum atomic E-state index is 13.8. The van der Waals surface area contributed by atoms with E-state index in [1.54, 1.807) is 19.2 Å². The van der Waals surface area contributed by atoms with Crippen molar-refractivity contribution in [2.24, 2.45) is 5.92 Å². The average Bonchev–Trinajstić information content (AvgIpc) is 3.24. The van der Waals surface area contributed by atoms with Gasteiger partial charge in [-0.05, 0) is 78.8 Å². The van der Waals surface area contributed by atoms with E-state index in [0.717, 1.165) is 54.9 Å². The molecule has 6 heteroatoms. The van der Waals surface area contributed by atoms with Crippen molar-refractivity contribution in [3.05, 3.63) is 102 Å². The minimum atomic E-state index is -0.210. The lowest BCUT2D eigenvalue weighted by Crippen LogP contribution is -2.40. The number of carbonyl (C=O) groups is 1. The summed E-state index contributed by atoms with van der Waals surface area (Å²) < 4.78 is 21.3. The average molecular weight is 486 g/mol. The fourth-order valence-electron chi connectivity index (χ4n) is 5.06. The lowest BCUT2D eigenvalue weighted by atomic mass is 9.95. The Hall–Kier alpha value is -3.64. The van der Waals surface area contributed by atoms with Crippen molar-refractivity contribution in [1.82, 2.24) is 14.8 Å². The molecule has 0 atom stereocenters. The number of nitrogens with one attached hydrogen (secondary N) is 1. The van der Waals surface area contributed by atoms with Crippen LogP contribution in [0.5, 0.6) is 5.75 Å². The fourth-order valence-corrected chi connectivity index (χ4v) is 5.06. The Morgan fingerprint density at radius 2 is 1.72 bits per heavy atom. The van der Waals surface area contributed by atoms with Crippen molar-refractivity contribution in [2.45, 2.75) is 32.5 Å². The first kappa shape index (κ1) is 24.1. The lowest BCUT2D eigenvalue weighted by molar-refractivity contribution is -0.126. The van der Waals surface area contributed by atoms with Crippen molar-refractivity contribution >= 4 is 16.8 Å². The van der Waals surface area contributed by atoms with Gasteiger partial charge in [0.1, 0.15) is 11.6 Å². The molecule has 0 saturated carbocycles. The number of likely N-dealkylation sites (tertiary alicyclic amines) is 1. The molecular formula is C30H32FN3O2. The van der Waals surface area contributed by atoms with Crippen LogP contribution in [0.3, 0.4) is 0 Å². The van der Waals surface area contributed by atoms with E-state index in [9.17, 15) is 9.18 Å². The molecule has 5 rings (SSSR count). The lowest BCUT2D eigenvalue weighted by Gasteiger charge is -2.31. The highest BCUT2D eigenvalue weighted by molar-refractivity contribution is 5.81. The molecule has 2 heterocycles. The number of benzene rings is 3. The molecule has 1 aromatic heterocycles. The van der Waals surface area contributed by atoms with Crippen LogP contribution in [0.4, 0.5) is 4.39 Å². The van der Waals surface area contributed by atoms with E-state index in [2.05, 4.69) is 39.0 Å². The molecule has 1 aliphatic heterocycles. The highest BCUT2D eigenvalue weighted by Gasteiger charge is 2.25. The number of carbonyl (C=O) groups excluding carboxylic acids is 1. The molecule has 36 heavy (non-hydrogen) atoms. The topological polar surface area (TPSA) is 46.5 Å². The van der Waals surface area contributed by atoms with Crippen LogP contribution in [-0.2, 0) is 24.4 Å². The van der Waals surface area contributed by atoms with Crippen LogP contribution in [0.2, 0.25) is 0 Å². The van der Waals surface area contributed by atoms with Crippen molar-refractivity contribution < 1.29 is 13.9 Å². The van der Waals surface area contributed by atoms with Gasteiger partial charge >= 0.3 is 0 Å². The van der Waals surface area contributed by atoms with Gasteiger partial charge in [-0.1, -0.05) is 42.5 Å². The summed E-state index contributed by atoms with van der Waals surface area (Å²) in [5.41, 5.74) is 4.38. The number of hydrogen-bond acceptors (Lipinski definition) is 3. The standard InChI is InChI=1S/C30H32FN3O2/c1-36-28-11-9-22(10-12-28)19-32-30(35)24-13-15-33(16-14-24)21-27-18-25-6-2-3-8-29(25)34(27)20-23-5-4-7-26(31)17-23/h2-12,17-18,24H,13-16,19-21H2,1H3,(H,32,35). The molecule has 4 aromatic rings. The number of methoxy groups -OCH3 is 1. The second-order valence-electron chi connectivity index (χ2n) is 9.53. The molecule has 3 aromatic carbocycles. The van der Waals surface area contributed by atoms with Gasteiger partial charge in [-0.15, -0.1) is 0 Å². The van der Waals surface area contributed by atoms with Crippen LogP contribution < -0.4 is 10.1 Å². The normalized spacial score (nSPS) is 14.7. The fraction of sp³-hybridized carbons (Fsp3) is 0.300. The zero-order valence-corrected chi connectivity index (χ0v) is 20.6. The maximum Gasteiger partial charge on any atom is 0.223 e. The molecule has 1 amide bonds. The van der Waals surface area contributed by atoms with E-state index >= 15 is 0 Å². The summed E-state index contributed by atoms with van der Waals surface area (Å²) in [6.45, 7) is 3.72. The molecule has 0 bridgehead atoms. The zero-order valence-electron chi connectivity index (χ0n) is 20.6. The van der Waals surface area contributed by atoms with Gasteiger partial charge in [0.15, 0.2) is 0 Å². The largest absolute Gasteiger partial charge is 0.497 e.